The van der Waals surface area contributed by atoms with E-state index in [-0.39, 0.29) is 12.5 Å². The van der Waals surface area contributed by atoms with E-state index in [0.717, 1.165) is 11.1 Å². The number of nitrogens with zero attached hydrogens (tertiary/aromatic N) is 2. The molecule has 0 atom stereocenters. The molecule has 1 amide bonds. The van der Waals surface area contributed by atoms with Gasteiger partial charge in [0.15, 0.2) is 11.5 Å². The van der Waals surface area contributed by atoms with Crippen molar-refractivity contribution < 1.29 is 14.3 Å². The highest BCUT2D eigenvalue weighted by Crippen LogP contribution is 2.28. The van der Waals surface area contributed by atoms with Crippen molar-refractivity contribution in [2.45, 2.75) is 6.61 Å². The molecule has 29 heavy (non-hydrogen) atoms. The average Bonchev–Trinajstić information content (AvgIpc) is 2.78. The number of hydrazone groups is 1. The zero-order valence-corrected chi connectivity index (χ0v) is 15.8. The largest absolute Gasteiger partial charge is 0.493 e. The molecule has 6 heteroatoms. The number of carbonyl (C=O) groups is 1. The Balaban J connectivity index is 1.65. The number of rotatable bonds is 7. The summed E-state index contributed by atoms with van der Waals surface area (Å²) < 4.78 is 11.2. The Morgan fingerprint density at radius 1 is 1.07 bits per heavy atom. The topological polar surface area (TPSA) is 83.7 Å². The van der Waals surface area contributed by atoms with Gasteiger partial charge in [-0.25, -0.2) is 5.43 Å². The molecule has 0 aromatic heterocycles. The quantitative estimate of drug-likeness (QED) is 0.494. The van der Waals surface area contributed by atoms with Gasteiger partial charge in [0.05, 0.1) is 25.0 Å². The average molecular weight is 385 g/mol. The molecule has 0 aliphatic carbocycles. The van der Waals surface area contributed by atoms with E-state index in [9.17, 15) is 10.1 Å². The lowest BCUT2D eigenvalue weighted by Gasteiger charge is -2.12. The molecule has 6 nitrogen and oxygen atoms in total. The van der Waals surface area contributed by atoms with Crippen molar-refractivity contribution in [3.8, 4) is 17.6 Å². The van der Waals surface area contributed by atoms with Crippen LogP contribution in [0.2, 0.25) is 0 Å². The SMILES string of the molecule is COc1cc(/C=N\NC(=O)c2ccccc2)ccc1OCc1ccccc1C#N. The van der Waals surface area contributed by atoms with Gasteiger partial charge in [-0.3, -0.25) is 4.79 Å². The summed E-state index contributed by atoms with van der Waals surface area (Å²) in [4.78, 5) is 12.0. The summed E-state index contributed by atoms with van der Waals surface area (Å²) in [5.41, 5.74) is 5.12. The third-order valence-corrected chi connectivity index (χ3v) is 4.12. The van der Waals surface area contributed by atoms with Crippen LogP contribution in [-0.2, 0) is 6.61 Å². The van der Waals surface area contributed by atoms with E-state index in [0.29, 0.717) is 22.6 Å². The first-order chi connectivity index (χ1) is 14.2. The van der Waals surface area contributed by atoms with Gasteiger partial charge >= 0.3 is 0 Å². The van der Waals surface area contributed by atoms with E-state index < -0.39 is 0 Å². The maximum atomic E-state index is 12.0. The van der Waals surface area contributed by atoms with Crippen molar-refractivity contribution in [1.82, 2.24) is 5.43 Å². The molecule has 0 spiro atoms. The molecule has 144 valence electrons. The van der Waals surface area contributed by atoms with Gasteiger partial charge in [0.1, 0.15) is 6.61 Å². The molecule has 3 aromatic rings. The van der Waals surface area contributed by atoms with Gasteiger partial charge in [-0.15, -0.1) is 0 Å². The highest BCUT2D eigenvalue weighted by atomic mass is 16.5. The minimum atomic E-state index is -0.287. The number of methoxy groups -OCH3 is 1. The lowest BCUT2D eigenvalue weighted by Crippen LogP contribution is -2.17. The maximum Gasteiger partial charge on any atom is 0.271 e. The van der Waals surface area contributed by atoms with E-state index in [1.165, 1.54) is 6.21 Å². The molecular weight excluding hydrogens is 366 g/mol. The van der Waals surface area contributed by atoms with Crippen LogP contribution in [0.15, 0.2) is 77.9 Å². The van der Waals surface area contributed by atoms with E-state index in [1.807, 2.05) is 24.3 Å². The zero-order valence-electron chi connectivity index (χ0n) is 15.8. The number of carbonyl (C=O) groups excluding carboxylic acids is 1. The lowest BCUT2D eigenvalue weighted by molar-refractivity contribution is 0.0955. The fourth-order valence-corrected chi connectivity index (χ4v) is 2.61. The van der Waals surface area contributed by atoms with Crippen LogP contribution < -0.4 is 14.9 Å². The molecule has 0 saturated carbocycles. The molecule has 3 rings (SSSR count). The fourth-order valence-electron chi connectivity index (χ4n) is 2.61. The maximum absolute atomic E-state index is 12.0. The highest BCUT2D eigenvalue weighted by Gasteiger charge is 2.08. The minimum Gasteiger partial charge on any atom is -0.493 e. The number of benzene rings is 3. The molecule has 0 radical (unpaired) electrons. The summed E-state index contributed by atoms with van der Waals surface area (Å²) in [6, 6.07) is 23.6. The van der Waals surface area contributed by atoms with Gasteiger partial charge in [0.25, 0.3) is 5.91 Å². The third-order valence-electron chi connectivity index (χ3n) is 4.12. The van der Waals surface area contributed by atoms with Crippen molar-refractivity contribution in [2.75, 3.05) is 7.11 Å². The second-order valence-electron chi connectivity index (χ2n) is 6.03. The molecule has 1 N–H and O–H groups in total. The van der Waals surface area contributed by atoms with Crippen LogP contribution in [0.3, 0.4) is 0 Å². The Morgan fingerprint density at radius 2 is 1.83 bits per heavy atom. The predicted molar refractivity (Wildman–Crippen MR) is 110 cm³/mol. The van der Waals surface area contributed by atoms with Crippen molar-refractivity contribution >= 4 is 12.1 Å². The number of ether oxygens (including phenoxy) is 2. The zero-order chi connectivity index (χ0) is 20.5. The van der Waals surface area contributed by atoms with Gasteiger partial charge in [0.2, 0.25) is 0 Å². The van der Waals surface area contributed by atoms with Gasteiger partial charge in [-0.2, -0.15) is 10.4 Å². The highest BCUT2D eigenvalue weighted by molar-refractivity contribution is 5.94. The molecule has 0 saturated heterocycles. The first-order valence-corrected chi connectivity index (χ1v) is 8.88. The molecule has 0 heterocycles. The summed E-state index contributed by atoms with van der Waals surface area (Å²) in [5, 5.41) is 13.2. The summed E-state index contributed by atoms with van der Waals surface area (Å²) in [5.74, 6) is 0.786. The molecule has 0 aliphatic heterocycles. The molecular formula is C23H19N3O3. The standard InChI is InChI=1S/C23H19N3O3/c1-28-22-13-17(15-25-26-23(27)18-7-3-2-4-8-18)11-12-21(22)29-16-20-10-6-5-9-19(20)14-24/h2-13,15H,16H2,1H3,(H,26,27)/b25-15-. The molecule has 0 unspecified atom stereocenters. The number of nitrogens with one attached hydrogen (secondary N) is 1. The Kier molecular flexibility index (Phi) is 6.58. The Bertz CT molecular complexity index is 1060. The summed E-state index contributed by atoms with van der Waals surface area (Å²) in [7, 11) is 1.55. The Morgan fingerprint density at radius 3 is 2.59 bits per heavy atom. The predicted octanol–water partition coefficient (Wildman–Crippen LogP) is 3.91. The van der Waals surface area contributed by atoms with Crippen LogP contribution >= 0.6 is 0 Å². The first kappa shape index (κ1) is 19.6. The van der Waals surface area contributed by atoms with Crippen molar-refractivity contribution in [1.29, 1.82) is 5.26 Å². The van der Waals surface area contributed by atoms with Gasteiger partial charge in [0, 0.05) is 11.1 Å². The normalized spacial score (nSPS) is 10.3. The molecule has 0 aliphatic rings. The van der Waals surface area contributed by atoms with Crippen LogP contribution in [0, 0.1) is 11.3 Å². The summed E-state index contributed by atoms with van der Waals surface area (Å²) in [6.45, 7) is 0.251. The Labute approximate surface area is 169 Å². The van der Waals surface area contributed by atoms with E-state index in [2.05, 4.69) is 16.6 Å². The van der Waals surface area contributed by atoms with Gasteiger partial charge < -0.3 is 9.47 Å². The van der Waals surface area contributed by atoms with Crippen LogP contribution in [0.4, 0.5) is 0 Å². The minimum absolute atomic E-state index is 0.251. The van der Waals surface area contributed by atoms with Crippen molar-refractivity contribution in [2.24, 2.45) is 5.10 Å². The number of hydrogen-bond acceptors (Lipinski definition) is 5. The van der Waals surface area contributed by atoms with Crippen LogP contribution in [0.25, 0.3) is 0 Å². The third kappa shape index (κ3) is 5.21. The van der Waals surface area contributed by atoms with Crippen LogP contribution in [0.5, 0.6) is 11.5 Å². The Hall–Kier alpha value is -4.11. The summed E-state index contributed by atoms with van der Waals surface area (Å²) in [6.07, 6.45) is 1.53. The van der Waals surface area contributed by atoms with E-state index >= 15 is 0 Å². The van der Waals surface area contributed by atoms with Crippen LogP contribution in [0.1, 0.15) is 27.0 Å². The second kappa shape index (κ2) is 9.72. The van der Waals surface area contributed by atoms with E-state index in [1.54, 1.807) is 55.6 Å². The van der Waals surface area contributed by atoms with Gasteiger partial charge in [-0.1, -0.05) is 36.4 Å². The number of amides is 1. The fraction of sp³-hybridized carbons (Fsp3) is 0.0870. The number of nitriles is 1. The molecule has 0 fully saturated rings. The van der Waals surface area contributed by atoms with Crippen molar-refractivity contribution in [3.05, 3.63) is 95.1 Å². The van der Waals surface area contributed by atoms with Crippen LogP contribution in [-0.4, -0.2) is 19.2 Å². The molecule has 0 bridgehead atoms. The molecule has 3 aromatic carbocycles. The monoisotopic (exact) mass is 385 g/mol. The smallest absolute Gasteiger partial charge is 0.271 e. The lowest BCUT2D eigenvalue weighted by atomic mass is 10.1. The number of hydrogen-bond donors (Lipinski definition) is 1. The first-order valence-electron chi connectivity index (χ1n) is 8.88. The van der Waals surface area contributed by atoms with E-state index in [4.69, 9.17) is 9.47 Å². The second-order valence-corrected chi connectivity index (χ2v) is 6.03. The van der Waals surface area contributed by atoms with Crippen molar-refractivity contribution in [3.63, 3.8) is 0 Å². The van der Waals surface area contributed by atoms with Gasteiger partial charge in [-0.05, 0) is 42.0 Å². The summed E-state index contributed by atoms with van der Waals surface area (Å²) >= 11 is 0.